The maximum absolute atomic E-state index is 12.4. The molecule has 0 radical (unpaired) electrons. The number of carbonyl (C=O) groups is 1. The van der Waals surface area contributed by atoms with Crippen molar-refractivity contribution in [2.75, 3.05) is 5.32 Å². The molecule has 3 aromatic rings. The average Bonchev–Trinajstić information content (AvgIpc) is 2.98. The van der Waals surface area contributed by atoms with Gasteiger partial charge >= 0.3 is 6.36 Å². The van der Waals surface area contributed by atoms with E-state index in [4.69, 9.17) is 11.6 Å². The molecule has 0 unspecified atom stereocenters. The summed E-state index contributed by atoms with van der Waals surface area (Å²) >= 11 is 7.40. The molecule has 3 rings (SSSR count). The molecule has 30 heavy (non-hydrogen) atoms. The molecular weight excluding hydrogens is 439 g/mol. The lowest BCUT2D eigenvalue weighted by molar-refractivity contribution is -0.274. The Morgan fingerprint density at radius 3 is 2.57 bits per heavy atom. The Morgan fingerprint density at radius 2 is 1.93 bits per heavy atom. The van der Waals surface area contributed by atoms with Gasteiger partial charge in [-0.25, -0.2) is 4.99 Å². The molecule has 0 saturated carbocycles. The Bertz CT molecular complexity index is 1120. The molecule has 1 N–H and O–H groups in total. The van der Waals surface area contributed by atoms with Crippen LogP contribution in [-0.4, -0.2) is 16.8 Å². The number of thiazole rings is 1. The molecule has 0 aliphatic rings. The SMILES string of the molecule is Cc1ccc(NC(=O)Cc2csc(=Nc3ccc(OC(F)(F)F)cc3)n2C)cc1Cl. The van der Waals surface area contributed by atoms with E-state index in [9.17, 15) is 18.0 Å². The average molecular weight is 456 g/mol. The molecule has 1 heterocycles. The Morgan fingerprint density at radius 1 is 1.23 bits per heavy atom. The molecule has 2 aromatic carbocycles. The van der Waals surface area contributed by atoms with Gasteiger partial charge in [0.15, 0.2) is 4.80 Å². The van der Waals surface area contributed by atoms with Crippen molar-refractivity contribution in [3.63, 3.8) is 0 Å². The van der Waals surface area contributed by atoms with Crippen molar-refractivity contribution in [3.8, 4) is 5.75 Å². The Labute approximate surface area is 179 Å². The van der Waals surface area contributed by atoms with Crippen LogP contribution in [0.25, 0.3) is 0 Å². The van der Waals surface area contributed by atoms with Crippen molar-refractivity contribution < 1.29 is 22.7 Å². The number of alkyl halides is 3. The zero-order valence-electron chi connectivity index (χ0n) is 16.0. The number of aryl methyl sites for hydroxylation is 1. The molecule has 1 amide bonds. The van der Waals surface area contributed by atoms with Crippen LogP contribution in [0.5, 0.6) is 5.75 Å². The first-order valence-corrected chi connectivity index (χ1v) is 9.96. The zero-order valence-corrected chi connectivity index (χ0v) is 17.5. The number of nitrogens with zero attached hydrogens (tertiary/aromatic N) is 2. The molecule has 0 aliphatic heterocycles. The van der Waals surface area contributed by atoms with Crippen molar-refractivity contribution in [1.82, 2.24) is 4.57 Å². The fourth-order valence-electron chi connectivity index (χ4n) is 2.54. The number of benzene rings is 2. The second-order valence-corrected chi connectivity index (χ2v) is 7.65. The van der Waals surface area contributed by atoms with Crippen molar-refractivity contribution in [3.05, 3.63) is 68.9 Å². The monoisotopic (exact) mass is 455 g/mol. The number of hydrogen-bond donors (Lipinski definition) is 1. The lowest BCUT2D eigenvalue weighted by Crippen LogP contribution is -2.19. The molecule has 0 bridgehead atoms. The lowest BCUT2D eigenvalue weighted by Gasteiger charge is -2.08. The molecule has 0 spiro atoms. The van der Waals surface area contributed by atoms with Gasteiger partial charge in [0.25, 0.3) is 0 Å². The minimum atomic E-state index is -4.74. The van der Waals surface area contributed by atoms with Crippen LogP contribution in [0.1, 0.15) is 11.3 Å². The Hall–Kier alpha value is -2.78. The Kier molecular flexibility index (Phi) is 6.52. The molecular formula is C20H17ClF3N3O2S. The first-order chi connectivity index (χ1) is 14.1. The third kappa shape index (κ3) is 5.87. The highest BCUT2D eigenvalue weighted by atomic mass is 35.5. The van der Waals surface area contributed by atoms with Gasteiger partial charge in [-0.15, -0.1) is 24.5 Å². The maximum Gasteiger partial charge on any atom is 0.573 e. The second kappa shape index (κ2) is 8.93. The highest BCUT2D eigenvalue weighted by Gasteiger charge is 2.30. The van der Waals surface area contributed by atoms with E-state index in [1.54, 1.807) is 23.7 Å². The van der Waals surface area contributed by atoms with Crippen molar-refractivity contribution >= 4 is 40.2 Å². The van der Waals surface area contributed by atoms with Gasteiger partial charge in [0.05, 0.1) is 12.1 Å². The zero-order chi connectivity index (χ0) is 21.9. The topological polar surface area (TPSA) is 55.6 Å². The number of amides is 1. The molecule has 0 saturated heterocycles. The largest absolute Gasteiger partial charge is 0.573 e. The number of hydrogen-bond acceptors (Lipinski definition) is 4. The first-order valence-electron chi connectivity index (χ1n) is 8.70. The summed E-state index contributed by atoms with van der Waals surface area (Å²) in [4.78, 5) is 17.4. The molecule has 5 nitrogen and oxygen atoms in total. The van der Waals surface area contributed by atoms with Gasteiger partial charge in [0.1, 0.15) is 5.75 Å². The van der Waals surface area contributed by atoms with E-state index in [1.807, 2.05) is 18.4 Å². The first kappa shape index (κ1) is 21.9. The van der Waals surface area contributed by atoms with Crippen LogP contribution in [0.2, 0.25) is 5.02 Å². The summed E-state index contributed by atoms with van der Waals surface area (Å²) in [6.45, 7) is 1.88. The summed E-state index contributed by atoms with van der Waals surface area (Å²) in [6.07, 6.45) is -4.61. The van der Waals surface area contributed by atoms with E-state index in [1.165, 1.54) is 35.6 Å². The number of ether oxygens (including phenoxy) is 1. The molecule has 0 aliphatic carbocycles. The van der Waals surface area contributed by atoms with Gasteiger partial charge in [-0.05, 0) is 48.9 Å². The number of aromatic nitrogens is 1. The van der Waals surface area contributed by atoms with E-state index >= 15 is 0 Å². The number of rotatable bonds is 5. The van der Waals surface area contributed by atoms with Crippen molar-refractivity contribution in [1.29, 1.82) is 0 Å². The molecule has 158 valence electrons. The standard InChI is InChI=1S/C20H17ClF3N3O2S/c1-12-3-4-14(9-17(12)21)25-18(28)10-15-11-30-19(27(15)2)26-13-5-7-16(8-6-13)29-20(22,23)24/h3-9,11H,10H2,1-2H3,(H,25,28). The van der Waals surface area contributed by atoms with Crippen LogP contribution >= 0.6 is 22.9 Å². The van der Waals surface area contributed by atoms with Gasteiger partial charge in [0, 0.05) is 28.8 Å². The van der Waals surface area contributed by atoms with Gasteiger partial charge < -0.3 is 14.6 Å². The highest BCUT2D eigenvalue weighted by molar-refractivity contribution is 7.07. The molecule has 0 atom stereocenters. The quantitative estimate of drug-likeness (QED) is 0.563. The normalized spacial score (nSPS) is 12.1. The van der Waals surface area contributed by atoms with Gasteiger partial charge in [-0.2, -0.15) is 0 Å². The van der Waals surface area contributed by atoms with Gasteiger partial charge in [0.2, 0.25) is 5.91 Å². The van der Waals surface area contributed by atoms with Crippen LogP contribution < -0.4 is 14.9 Å². The van der Waals surface area contributed by atoms with Crippen LogP contribution in [0.15, 0.2) is 52.8 Å². The van der Waals surface area contributed by atoms with E-state index in [-0.39, 0.29) is 18.1 Å². The predicted octanol–water partition coefficient (Wildman–Crippen LogP) is 5.36. The van der Waals surface area contributed by atoms with Gasteiger partial charge in [-0.1, -0.05) is 17.7 Å². The fraction of sp³-hybridized carbons (Fsp3) is 0.200. The molecule has 0 fully saturated rings. The van der Waals surface area contributed by atoms with E-state index in [0.29, 0.717) is 21.2 Å². The number of nitrogens with one attached hydrogen (secondary N) is 1. The summed E-state index contributed by atoms with van der Waals surface area (Å²) < 4.78 is 42.3. The fourth-order valence-corrected chi connectivity index (χ4v) is 3.63. The van der Waals surface area contributed by atoms with Crippen LogP contribution in [-0.2, 0) is 18.3 Å². The van der Waals surface area contributed by atoms with E-state index in [0.717, 1.165) is 11.3 Å². The predicted molar refractivity (Wildman–Crippen MR) is 110 cm³/mol. The van der Waals surface area contributed by atoms with Crippen LogP contribution in [0.3, 0.4) is 0 Å². The van der Waals surface area contributed by atoms with E-state index in [2.05, 4.69) is 15.0 Å². The lowest BCUT2D eigenvalue weighted by atomic mass is 10.2. The highest BCUT2D eigenvalue weighted by Crippen LogP contribution is 2.25. The molecule has 1 aromatic heterocycles. The third-order valence-corrected chi connectivity index (χ3v) is 5.48. The smallest absolute Gasteiger partial charge is 0.406 e. The van der Waals surface area contributed by atoms with E-state index < -0.39 is 6.36 Å². The number of carbonyl (C=O) groups excluding carboxylic acids is 1. The summed E-state index contributed by atoms with van der Waals surface area (Å²) in [5, 5.41) is 5.18. The summed E-state index contributed by atoms with van der Waals surface area (Å²) in [6, 6.07) is 10.5. The molecule has 10 heteroatoms. The minimum Gasteiger partial charge on any atom is -0.406 e. The third-order valence-electron chi connectivity index (χ3n) is 4.11. The second-order valence-electron chi connectivity index (χ2n) is 6.41. The summed E-state index contributed by atoms with van der Waals surface area (Å²) in [7, 11) is 1.77. The minimum absolute atomic E-state index is 0.131. The summed E-state index contributed by atoms with van der Waals surface area (Å²) in [5.41, 5.74) is 2.74. The number of halogens is 4. The van der Waals surface area contributed by atoms with Crippen LogP contribution in [0, 0.1) is 6.92 Å². The van der Waals surface area contributed by atoms with Crippen molar-refractivity contribution in [2.45, 2.75) is 19.7 Å². The maximum atomic E-state index is 12.4. The number of anilines is 1. The Balaban J connectivity index is 1.70. The van der Waals surface area contributed by atoms with Gasteiger partial charge in [-0.3, -0.25) is 4.79 Å². The van der Waals surface area contributed by atoms with Crippen LogP contribution in [0.4, 0.5) is 24.5 Å². The van der Waals surface area contributed by atoms with Crippen molar-refractivity contribution in [2.24, 2.45) is 12.0 Å². The summed E-state index contributed by atoms with van der Waals surface area (Å²) in [5.74, 6) is -0.519.